The molecule has 0 aliphatic carbocycles. The molecule has 0 bridgehead atoms. The zero-order valence-electron chi connectivity index (χ0n) is 12.3. The van der Waals surface area contributed by atoms with Crippen LogP contribution in [0, 0.1) is 0 Å². The molecule has 6 heteroatoms. The largest absolute Gasteiger partial charge is 0.349 e. The van der Waals surface area contributed by atoms with Gasteiger partial charge in [-0.1, -0.05) is 18.2 Å². The minimum Gasteiger partial charge on any atom is -0.349 e. The number of likely N-dealkylation sites (tertiary alicyclic amines) is 1. The first kappa shape index (κ1) is 16.0. The number of benzene rings is 1. The molecule has 1 aliphatic rings. The van der Waals surface area contributed by atoms with Gasteiger partial charge in [0.25, 0.3) is 5.91 Å². The van der Waals surface area contributed by atoms with Gasteiger partial charge in [-0.3, -0.25) is 4.79 Å². The number of hydrogen-bond donors (Lipinski definition) is 1. The summed E-state index contributed by atoms with van der Waals surface area (Å²) in [6.07, 6.45) is 2.99. The molecule has 1 amide bonds. The van der Waals surface area contributed by atoms with Crippen LogP contribution in [-0.4, -0.2) is 56.9 Å². The molecule has 0 unspecified atom stereocenters. The molecule has 0 spiro atoms. The van der Waals surface area contributed by atoms with Crippen LogP contribution in [0.3, 0.4) is 0 Å². The fourth-order valence-corrected chi connectivity index (χ4v) is 3.04. The molecule has 0 aromatic heterocycles. The fourth-order valence-electron chi connectivity index (χ4n) is 2.45. The minimum absolute atomic E-state index is 0.0369. The van der Waals surface area contributed by atoms with Crippen molar-refractivity contribution in [3.8, 4) is 0 Å². The standard InChI is InChI=1S/C15H22N2O3S/c1-21(19,20)12-11-17-9-7-14(8-10-17)16-15(18)13-5-3-2-4-6-13/h2-6,14H,7-12H2,1H3,(H,16,18). The average Bonchev–Trinajstić information content (AvgIpc) is 2.46. The van der Waals surface area contributed by atoms with E-state index in [1.807, 2.05) is 18.2 Å². The molecule has 1 fully saturated rings. The van der Waals surface area contributed by atoms with Crippen LogP contribution >= 0.6 is 0 Å². The summed E-state index contributed by atoms with van der Waals surface area (Å²) in [6, 6.07) is 9.36. The van der Waals surface area contributed by atoms with Crippen molar-refractivity contribution in [2.75, 3.05) is 31.6 Å². The molecule has 5 nitrogen and oxygen atoms in total. The van der Waals surface area contributed by atoms with Crippen molar-refractivity contribution >= 4 is 15.7 Å². The van der Waals surface area contributed by atoms with Gasteiger partial charge < -0.3 is 10.2 Å². The van der Waals surface area contributed by atoms with Crippen molar-refractivity contribution in [2.45, 2.75) is 18.9 Å². The Kier molecular flexibility index (Phi) is 5.36. The summed E-state index contributed by atoms with van der Waals surface area (Å²) in [5.41, 5.74) is 0.678. The normalized spacial score (nSPS) is 17.6. The lowest BCUT2D eigenvalue weighted by Crippen LogP contribution is -2.45. The number of nitrogens with one attached hydrogen (secondary N) is 1. The van der Waals surface area contributed by atoms with E-state index in [1.165, 1.54) is 6.26 Å². The molecule has 1 aliphatic heterocycles. The van der Waals surface area contributed by atoms with Crippen LogP contribution in [0.4, 0.5) is 0 Å². The van der Waals surface area contributed by atoms with Crippen molar-refractivity contribution in [1.82, 2.24) is 10.2 Å². The van der Waals surface area contributed by atoms with Crippen LogP contribution in [-0.2, 0) is 9.84 Å². The van der Waals surface area contributed by atoms with Gasteiger partial charge in [-0.15, -0.1) is 0 Å². The Balaban J connectivity index is 1.75. The maximum atomic E-state index is 12.0. The maximum absolute atomic E-state index is 12.0. The molecule has 1 heterocycles. The van der Waals surface area contributed by atoms with Gasteiger partial charge in [0, 0.05) is 37.5 Å². The van der Waals surface area contributed by atoms with Crippen LogP contribution in [0.2, 0.25) is 0 Å². The molecule has 1 aromatic carbocycles. The van der Waals surface area contributed by atoms with E-state index in [2.05, 4.69) is 10.2 Å². The third-order valence-electron chi connectivity index (χ3n) is 3.74. The zero-order valence-corrected chi connectivity index (χ0v) is 13.1. The predicted molar refractivity (Wildman–Crippen MR) is 83.1 cm³/mol. The van der Waals surface area contributed by atoms with Crippen LogP contribution in [0.25, 0.3) is 0 Å². The Hall–Kier alpha value is -1.40. The van der Waals surface area contributed by atoms with E-state index in [1.54, 1.807) is 12.1 Å². The molecule has 0 radical (unpaired) electrons. The Bertz CT molecular complexity index is 564. The number of rotatable bonds is 5. The van der Waals surface area contributed by atoms with Crippen molar-refractivity contribution < 1.29 is 13.2 Å². The molecule has 0 atom stereocenters. The number of hydrogen-bond acceptors (Lipinski definition) is 4. The van der Waals surface area contributed by atoms with Gasteiger partial charge in [0.1, 0.15) is 9.84 Å². The smallest absolute Gasteiger partial charge is 0.251 e. The van der Waals surface area contributed by atoms with E-state index < -0.39 is 9.84 Å². The summed E-state index contributed by atoms with van der Waals surface area (Å²) in [5.74, 6) is 0.166. The van der Waals surface area contributed by atoms with Crippen molar-refractivity contribution in [3.63, 3.8) is 0 Å². The van der Waals surface area contributed by atoms with E-state index in [0.29, 0.717) is 12.1 Å². The lowest BCUT2D eigenvalue weighted by molar-refractivity contribution is 0.0913. The van der Waals surface area contributed by atoms with Crippen LogP contribution in [0.5, 0.6) is 0 Å². The summed E-state index contributed by atoms with van der Waals surface area (Å²) in [5, 5.41) is 3.04. The van der Waals surface area contributed by atoms with Crippen molar-refractivity contribution in [2.24, 2.45) is 0 Å². The first-order valence-electron chi connectivity index (χ1n) is 7.20. The second-order valence-corrected chi connectivity index (χ2v) is 7.85. The zero-order chi connectivity index (χ0) is 15.3. The topological polar surface area (TPSA) is 66.5 Å². The lowest BCUT2D eigenvalue weighted by Gasteiger charge is -2.32. The molecular formula is C15H22N2O3S. The van der Waals surface area contributed by atoms with Crippen LogP contribution in [0.15, 0.2) is 30.3 Å². The first-order chi connectivity index (χ1) is 9.94. The quantitative estimate of drug-likeness (QED) is 0.878. The highest BCUT2D eigenvalue weighted by molar-refractivity contribution is 7.90. The molecule has 2 rings (SSSR count). The SMILES string of the molecule is CS(=O)(=O)CCN1CCC(NC(=O)c2ccccc2)CC1. The Morgan fingerprint density at radius 3 is 2.43 bits per heavy atom. The van der Waals surface area contributed by atoms with Crippen LogP contribution in [0.1, 0.15) is 23.2 Å². The highest BCUT2D eigenvalue weighted by Gasteiger charge is 2.21. The summed E-state index contributed by atoms with van der Waals surface area (Å²) in [4.78, 5) is 14.2. The van der Waals surface area contributed by atoms with E-state index in [-0.39, 0.29) is 17.7 Å². The maximum Gasteiger partial charge on any atom is 0.251 e. The number of nitrogens with zero attached hydrogens (tertiary/aromatic N) is 1. The third kappa shape index (κ3) is 5.47. The molecule has 1 saturated heterocycles. The second kappa shape index (κ2) is 7.04. The van der Waals surface area contributed by atoms with Gasteiger partial charge in [0.2, 0.25) is 0 Å². The molecule has 21 heavy (non-hydrogen) atoms. The number of piperidine rings is 1. The summed E-state index contributed by atoms with van der Waals surface area (Å²) >= 11 is 0. The Morgan fingerprint density at radius 1 is 1.24 bits per heavy atom. The second-order valence-electron chi connectivity index (χ2n) is 5.59. The molecule has 116 valence electrons. The summed E-state index contributed by atoms with van der Waals surface area (Å²) in [6.45, 7) is 2.24. The minimum atomic E-state index is -2.90. The predicted octanol–water partition coefficient (Wildman–Crippen LogP) is 0.925. The lowest BCUT2D eigenvalue weighted by atomic mass is 10.0. The molecule has 1 N–H and O–H groups in total. The van der Waals surface area contributed by atoms with Gasteiger partial charge in [0.15, 0.2) is 0 Å². The van der Waals surface area contributed by atoms with E-state index in [0.717, 1.165) is 25.9 Å². The van der Waals surface area contributed by atoms with E-state index in [4.69, 9.17) is 0 Å². The molecule has 1 aromatic rings. The van der Waals surface area contributed by atoms with Crippen molar-refractivity contribution in [1.29, 1.82) is 0 Å². The summed E-state index contributed by atoms with van der Waals surface area (Å²) < 4.78 is 22.3. The van der Waals surface area contributed by atoms with Gasteiger partial charge in [0.05, 0.1) is 5.75 Å². The van der Waals surface area contributed by atoms with Crippen LogP contribution < -0.4 is 5.32 Å². The summed E-state index contributed by atoms with van der Waals surface area (Å²) in [7, 11) is -2.90. The highest BCUT2D eigenvalue weighted by Crippen LogP contribution is 2.11. The van der Waals surface area contributed by atoms with Gasteiger partial charge >= 0.3 is 0 Å². The van der Waals surface area contributed by atoms with Crippen molar-refractivity contribution in [3.05, 3.63) is 35.9 Å². The van der Waals surface area contributed by atoms with E-state index >= 15 is 0 Å². The van der Waals surface area contributed by atoms with Gasteiger partial charge in [-0.2, -0.15) is 0 Å². The van der Waals surface area contributed by atoms with E-state index in [9.17, 15) is 13.2 Å². The Morgan fingerprint density at radius 2 is 1.86 bits per heavy atom. The average molecular weight is 310 g/mol. The number of amides is 1. The highest BCUT2D eigenvalue weighted by atomic mass is 32.2. The molecular weight excluding hydrogens is 288 g/mol. The third-order valence-corrected chi connectivity index (χ3v) is 4.66. The van der Waals surface area contributed by atoms with Gasteiger partial charge in [-0.25, -0.2) is 8.42 Å². The number of carbonyl (C=O) groups excluding carboxylic acids is 1. The Labute approximate surface area is 126 Å². The number of carbonyl (C=O) groups is 1. The number of sulfone groups is 1. The monoisotopic (exact) mass is 310 g/mol. The first-order valence-corrected chi connectivity index (χ1v) is 9.26. The van der Waals surface area contributed by atoms with Gasteiger partial charge in [-0.05, 0) is 25.0 Å². The fraction of sp³-hybridized carbons (Fsp3) is 0.533. The molecule has 0 saturated carbocycles.